The quantitative estimate of drug-likeness (QED) is 0.100. The Bertz CT molecular complexity index is 1950. The van der Waals surface area contributed by atoms with Crippen molar-refractivity contribution < 1.29 is 43.1 Å². The van der Waals surface area contributed by atoms with Crippen molar-refractivity contribution in [2.45, 2.75) is 82.8 Å². The maximum Gasteiger partial charge on any atom is 0.345 e. The van der Waals surface area contributed by atoms with Gasteiger partial charge in [-0.25, -0.2) is 9.28 Å². The fraction of sp³-hybridized carbons (Fsp3) is 0.455. The zero-order valence-corrected chi connectivity index (χ0v) is 34.7. The number of piperazine rings is 1. The number of primary amides is 2. The molecule has 5 atom stereocenters. The summed E-state index contributed by atoms with van der Waals surface area (Å²) in [5.41, 5.74) is 12.9. The van der Waals surface area contributed by atoms with Crippen LogP contribution in [0.5, 0.6) is 5.75 Å². The van der Waals surface area contributed by atoms with Crippen LogP contribution in [-0.4, -0.2) is 130 Å². The zero-order valence-electron chi connectivity index (χ0n) is 34.7. The second kappa shape index (κ2) is 20.5. The first-order valence-electron chi connectivity index (χ1n) is 20.4. The molecule has 0 aliphatic carbocycles. The monoisotopic (exact) mass is 827 g/mol. The first kappa shape index (κ1) is 45.4. The van der Waals surface area contributed by atoms with Crippen molar-refractivity contribution in [1.29, 1.82) is 0 Å². The van der Waals surface area contributed by atoms with Crippen LogP contribution in [0.3, 0.4) is 0 Å². The average molecular weight is 828 g/mol. The smallest absolute Gasteiger partial charge is 0.345 e. The topological polar surface area (TPSA) is 226 Å². The molecule has 0 radical (unpaired) electrons. The Balaban J connectivity index is 1.16. The largest absolute Gasteiger partial charge is 0.484 e. The number of quaternary nitrogens is 1. The number of ether oxygens (including phenoxy) is 1. The number of nitrogens with zero attached hydrogens (tertiary/aromatic N) is 3. The molecule has 60 heavy (non-hydrogen) atoms. The van der Waals surface area contributed by atoms with Crippen molar-refractivity contribution in [1.82, 2.24) is 20.4 Å². The second-order valence-electron chi connectivity index (χ2n) is 16.6. The number of carbonyl (C=O) groups is 6. The van der Waals surface area contributed by atoms with Crippen LogP contribution in [0.25, 0.3) is 0 Å². The van der Waals surface area contributed by atoms with E-state index < -0.39 is 76.8 Å². The van der Waals surface area contributed by atoms with Crippen LogP contribution in [0, 0.1) is 0 Å². The fourth-order valence-corrected chi connectivity index (χ4v) is 8.25. The van der Waals surface area contributed by atoms with E-state index in [9.17, 15) is 33.9 Å². The number of hydrogen-bond acceptors (Lipinski definition) is 10. The van der Waals surface area contributed by atoms with Gasteiger partial charge in [0.15, 0.2) is 18.8 Å². The lowest BCUT2D eigenvalue weighted by Gasteiger charge is -2.47. The van der Waals surface area contributed by atoms with Crippen LogP contribution < -0.4 is 32.2 Å². The Kier molecular flexibility index (Phi) is 15.5. The summed E-state index contributed by atoms with van der Waals surface area (Å²) in [5, 5.41) is 19.8. The molecule has 5 rings (SSSR count). The lowest BCUT2D eigenvalue weighted by Crippen LogP contribution is -2.72. The fourth-order valence-electron chi connectivity index (χ4n) is 8.25. The van der Waals surface area contributed by atoms with E-state index in [2.05, 4.69) is 37.9 Å². The number of nitrogens with one attached hydrogen (secondary N) is 3. The molecule has 2 saturated heterocycles. The van der Waals surface area contributed by atoms with Crippen LogP contribution in [0.2, 0.25) is 0 Å². The van der Waals surface area contributed by atoms with Gasteiger partial charge in [-0.05, 0) is 62.6 Å². The van der Waals surface area contributed by atoms with Crippen molar-refractivity contribution in [2.24, 2.45) is 11.5 Å². The minimum atomic E-state index is -1.80. The standard InChI is InChI=1S/C44H58N8O8/c1-44(2,3)52(24-10-15-36(52)41(46)57)43(59)40(56)34(25-30-11-6-4-7-12-30)49-42(58)35(26-37(45)53)48-39(55)29-60-33-18-16-32(17-19-33)47-38(54)28-51-22-20-50(21-23-51)27-31-13-8-5-9-14-31/h4-9,11-14,16-19,34-36,40,56H,10,15,20-29H2,1-3H3,(H6-,45,46,47,48,49,53,54,55,57,58)/p+1/t34-,35-,36-,40-,52?/m0/s1. The molecule has 6 amide bonds. The molecule has 16 heteroatoms. The van der Waals surface area contributed by atoms with E-state index in [0.717, 1.165) is 32.7 Å². The number of benzene rings is 3. The predicted molar refractivity (Wildman–Crippen MR) is 225 cm³/mol. The molecule has 0 saturated carbocycles. The molecule has 1 unspecified atom stereocenters. The minimum Gasteiger partial charge on any atom is -0.484 e. The number of nitrogens with two attached hydrogens (primary N) is 2. The lowest BCUT2D eigenvalue weighted by molar-refractivity contribution is -0.904. The van der Waals surface area contributed by atoms with Crippen LogP contribution in [0.15, 0.2) is 84.9 Å². The Labute approximate surface area is 351 Å². The molecule has 0 spiro atoms. The molecular weight excluding hydrogens is 769 g/mol. The molecule has 2 heterocycles. The third-order valence-corrected chi connectivity index (χ3v) is 11.3. The second-order valence-corrected chi connectivity index (χ2v) is 16.6. The highest BCUT2D eigenvalue weighted by Crippen LogP contribution is 2.38. The van der Waals surface area contributed by atoms with Crippen LogP contribution in [0.4, 0.5) is 5.69 Å². The van der Waals surface area contributed by atoms with E-state index in [0.29, 0.717) is 29.8 Å². The van der Waals surface area contributed by atoms with Gasteiger partial charge >= 0.3 is 5.91 Å². The molecule has 3 aromatic rings. The molecule has 0 aromatic heterocycles. The van der Waals surface area contributed by atoms with E-state index in [1.807, 2.05) is 18.2 Å². The van der Waals surface area contributed by atoms with Crippen LogP contribution >= 0.6 is 0 Å². The Morgan fingerprint density at radius 2 is 1.42 bits per heavy atom. The third kappa shape index (κ3) is 12.0. The third-order valence-electron chi connectivity index (χ3n) is 11.3. The van der Waals surface area contributed by atoms with Gasteiger partial charge in [0, 0.05) is 51.3 Å². The highest BCUT2D eigenvalue weighted by atomic mass is 16.5. The van der Waals surface area contributed by atoms with Gasteiger partial charge in [0.25, 0.3) is 11.8 Å². The summed E-state index contributed by atoms with van der Waals surface area (Å²) in [7, 11) is 0. The number of aliphatic hydroxyl groups is 1. The van der Waals surface area contributed by atoms with Gasteiger partial charge in [0.05, 0.1) is 31.1 Å². The molecule has 8 N–H and O–H groups in total. The van der Waals surface area contributed by atoms with Gasteiger partial charge in [-0.15, -0.1) is 0 Å². The summed E-state index contributed by atoms with van der Waals surface area (Å²) in [5.74, 6) is -3.66. The number of aliphatic hydroxyl groups excluding tert-OH is 1. The summed E-state index contributed by atoms with van der Waals surface area (Å²) in [4.78, 5) is 83.3. The van der Waals surface area contributed by atoms with Crippen LogP contribution in [0.1, 0.15) is 51.2 Å². The SMILES string of the molecule is CC(C)(C)[N+]1(C(=O)[C@@H](O)[C@H](Cc2ccccc2)NC(=O)[C@H](CC(N)=O)NC(=O)COc2ccc(NC(=O)CN3CCN(Cc4ccccc4)CC3)cc2)CCC[C@H]1C(N)=O. The van der Waals surface area contributed by atoms with Gasteiger partial charge in [0.1, 0.15) is 11.8 Å². The van der Waals surface area contributed by atoms with E-state index in [1.54, 1.807) is 75.4 Å². The van der Waals surface area contributed by atoms with Crippen molar-refractivity contribution in [2.75, 3.05) is 51.2 Å². The minimum absolute atomic E-state index is 0.00779. The highest BCUT2D eigenvalue weighted by molar-refractivity contribution is 5.93. The number of likely N-dealkylation sites (tertiary alicyclic amines) is 1. The summed E-state index contributed by atoms with van der Waals surface area (Å²) in [6.07, 6.45) is -1.47. The summed E-state index contributed by atoms with van der Waals surface area (Å²) < 4.78 is 5.24. The summed E-state index contributed by atoms with van der Waals surface area (Å²) >= 11 is 0. The first-order chi connectivity index (χ1) is 28.5. The average Bonchev–Trinajstić information content (AvgIpc) is 3.69. The zero-order chi connectivity index (χ0) is 43.5. The van der Waals surface area contributed by atoms with Crippen molar-refractivity contribution >= 4 is 41.1 Å². The van der Waals surface area contributed by atoms with Crippen molar-refractivity contribution in [3.8, 4) is 5.75 Å². The molecule has 2 fully saturated rings. The van der Waals surface area contributed by atoms with E-state index in [-0.39, 0.29) is 25.4 Å². The van der Waals surface area contributed by atoms with Gasteiger partial charge in [-0.1, -0.05) is 60.7 Å². The maximum absolute atomic E-state index is 14.4. The predicted octanol–water partition coefficient (Wildman–Crippen LogP) is 1.06. The van der Waals surface area contributed by atoms with Crippen LogP contribution in [-0.2, 0) is 41.7 Å². The highest BCUT2D eigenvalue weighted by Gasteiger charge is 2.60. The number of rotatable bonds is 18. The molecular formula is C44H59N8O8+. The molecule has 2 aliphatic heterocycles. The maximum atomic E-state index is 14.4. The van der Waals surface area contributed by atoms with E-state index in [4.69, 9.17) is 16.2 Å². The Morgan fingerprint density at radius 1 is 0.817 bits per heavy atom. The van der Waals surface area contributed by atoms with Gasteiger partial charge in [-0.3, -0.25) is 33.8 Å². The van der Waals surface area contributed by atoms with E-state index >= 15 is 0 Å². The number of anilines is 1. The first-order valence-corrected chi connectivity index (χ1v) is 20.4. The number of hydrogen-bond donors (Lipinski definition) is 6. The van der Waals surface area contributed by atoms with E-state index in [1.165, 1.54) is 5.56 Å². The normalized spacial score (nSPS) is 20.0. The number of carbonyl (C=O) groups excluding carboxylic acids is 6. The molecule has 3 aromatic carbocycles. The van der Waals surface area contributed by atoms with Gasteiger partial charge < -0.3 is 37.3 Å². The Morgan fingerprint density at radius 3 is 2.00 bits per heavy atom. The number of amides is 6. The summed E-state index contributed by atoms with van der Waals surface area (Å²) in [6.45, 7) is 9.57. The Hall–Kier alpha value is -5.68. The van der Waals surface area contributed by atoms with Crippen molar-refractivity contribution in [3.05, 3.63) is 96.1 Å². The molecule has 2 aliphatic rings. The molecule has 0 bridgehead atoms. The van der Waals surface area contributed by atoms with Gasteiger partial charge in [-0.2, -0.15) is 0 Å². The van der Waals surface area contributed by atoms with Crippen molar-refractivity contribution in [3.63, 3.8) is 0 Å². The van der Waals surface area contributed by atoms with Gasteiger partial charge in [0.2, 0.25) is 17.7 Å². The molecule has 16 nitrogen and oxygen atoms in total. The lowest BCUT2D eigenvalue weighted by atomic mass is 9.93. The molecule has 322 valence electrons. The summed E-state index contributed by atoms with van der Waals surface area (Å²) in [6, 6.07) is 22.0.